The lowest BCUT2D eigenvalue weighted by atomic mass is 10.3. The van der Waals surface area contributed by atoms with E-state index in [0.29, 0.717) is 10.5 Å². The number of hydrogen-bond acceptors (Lipinski definition) is 4. The number of halogens is 1. The molecule has 1 fully saturated rings. The van der Waals surface area contributed by atoms with Crippen LogP contribution in [0.25, 0.3) is 0 Å². The molecule has 5 heteroatoms. The van der Waals surface area contributed by atoms with Crippen molar-refractivity contribution in [3.8, 4) is 0 Å². The molecule has 0 bridgehead atoms. The molecule has 15 heavy (non-hydrogen) atoms. The molecule has 0 amide bonds. The number of hydrogen-bond donors (Lipinski definition) is 0. The molecule has 2 heterocycles. The Hall–Kier alpha value is -0.480. The first kappa shape index (κ1) is 11.0. The fraction of sp³-hybridized carbons (Fsp3) is 0.600. The topological polar surface area (TPSA) is 29.0 Å². The number of rotatable bonds is 2. The van der Waals surface area contributed by atoms with E-state index < -0.39 is 0 Å². The van der Waals surface area contributed by atoms with Gasteiger partial charge < -0.3 is 4.90 Å². The van der Waals surface area contributed by atoms with Gasteiger partial charge in [-0.2, -0.15) is 11.8 Å². The van der Waals surface area contributed by atoms with Gasteiger partial charge in [0.25, 0.3) is 0 Å². The quantitative estimate of drug-likeness (QED) is 0.747. The zero-order valence-corrected chi connectivity index (χ0v) is 10.3. The van der Waals surface area contributed by atoms with Crippen molar-refractivity contribution in [3.63, 3.8) is 0 Å². The molecule has 1 aromatic heterocycles. The molecule has 0 aromatic carbocycles. The van der Waals surface area contributed by atoms with Crippen molar-refractivity contribution >= 4 is 29.2 Å². The van der Waals surface area contributed by atoms with E-state index in [2.05, 4.69) is 21.8 Å². The summed E-state index contributed by atoms with van der Waals surface area (Å²) in [6.07, 6.45) is 2.92. The third-order valence-electron chi connectivity index (χ3n) is 2.53. The van der Waals surface area contributed by atoms with Gasteiger partial charge in [-0.3, -0.25) is 0 Å². The van der Waals surface area contributed by atoms with Crippen LogP contribution in [0.15, 0.2) is 12.3 Å². The molecule has 1 aliphatic heterocycles. The van der Waals surface area contributed by atoms with Gasteiger partial charge in [0.05, 0.1) is 0 Å². The van der Waals surface area contributed by atoms with E-state index in [4.69, 9.17) is 11.6 Å². The molecule has 1 aliphatic rings. The maximum absolute atomic E-state index is 5.78. The van der Waals surface area contributed by atoms with Crippen LogP contribution in [0.1, 0.15) is 13.3 Å². The molecule has 0 radical (unpaired) electrons. The third kappa shape index (κ3) is 2.75. The summed E-state index contributed by atoms with van der Waals surface area (Å²) in [6.45, 7) is 4.34. The summed E-state index contributed by atoms with van der Waals surface area (Å²) in [7, 11) is 0. The molecule has 2 rings (SSSR count). The predicted molar refractivity (Wildman–Crippen MR) is 65.8 cm³/mol. The Kier molecular flexibility index (Phi) is 3.70. The van der Waals surface area contributed by atoms with Gasteiger partial charge in [0.15, 0.2) is 0 Å². The first-order chi connectivity index (χ1) is 7.29. The molecule has 0 N–H and O–H groups in total. The van der Waals surface area contributed by atoms with E-state index in [9.17, 15) is 0 Å². The molecule has 1 aromatic rings. The summed E-state index contributed by atoms with van der Waals surface area (Å²) in [6, 6.07) is 1.93. The van der Waals surface area contributed by atoms with E-state index in [0.717, 1.165) is 18.9 Å². The molecule has 1 atom stereocenters. The molecular weight excluding hydrogens is 230 g/mol. The molecule has 3 nitrogen and oxygen atoms in total. The number of nitrogens with zero attached hydrogens (tertiary/aromatic N) is 3. The van der Waals surface area contributed by atoms with Crippen molar-refractivity contribution < 1.29 is 0 Å². The SMILES string of the molecule is CCC1CN(c2ccnc(Cl)n2)CCS1. The predicted octanol–water partition coefficient (Wildman–Crippen LogP) is 2.46. The molecular formula is C10H14ClN3S. The van der Waals surface area contributed by atoms with E-state index in [1.165, 1.54) is 12.2 Å². The lowest BCUT2D eigenvalue weighted by Gasteiger charge is -2.32. The maximum Gasteiger partial charge on any atom is 0.224 e. The monoisotopic (exact) mass is 243 g/mol. The van der Waals surface area contributed by atoms with Crippen LogP contribution in [-0.4, -0.2) is 34.1 Å². The van der Waals surface area contributed by atoms with Gasteiger partial charge in [-0.1, -0.05) is 6.92 Å². The summed E-state index contributed by atoms with van der Waals surface area (Å²) in [5.74, 6) is 2.12. The lowest BCUT2D eigenvalue weighted by molar-refractivity contribution is 0.719. The Morgan fingerprint density at radius 2 is 2.53 bits per heavy atom. The van der Waals surface area contributed by atoms with Gasteiger partial charge in [0, 0.05) is 30.3 Å². The summed E-state index contributed by atoms with van der Waals surface area (Å²) in [5, 5.41) is 1.05. The first-order valence-electron chi connectivity index (χ1n) is 5.14. The van der Waals surface area contributed by atoms with Crippen LogP contribution in [-0.2, 0) is 0 Å². The minimum absolute atomic E-state index is 0.332. The second-order valence-corrected chi connectivity index (χ2v) is 5.28. The van der Waals surface area contributed by atoms with Crippen molar-refractivity contribution in [2.45, 2.75) is 18.6 Å². The largest absolute Gasteiger partial charge is 0.355 e. The van der Waals surface area contributed by atoms with Crippen molar-refractivity contribution in [1.82, 2.24) is 9.97 Å². The standard InChI is InChI=1S/C10H14ClN3S/c1-2-8-7-14(5-6-15-8)9-3-4-12-10(11)13-9/h3-4,8H,2,5-7H2,1H3. The Morgan fingerprint density at radius 3 is 3.27 bits per heavy atom. The minimum atomic E-state index is 0.332. The molecule has 0 aliphatic carbocycles. The Morgan fingerprint density at radius 1 is 1.67 bits per heavy atom. The van der Waals surface area contributed by atoms with Crippen LogP contribution in [0.3, 0.4) is 0 Å². The average molecular weight is 244 g/mol. The van der Waals surface area contributed by atoms with Crippen molar-refractivity contribution in [2.24, 2.45) is 0 Å². The Labute approximate surface area is 99.2 Å². The fourth-order valence-electron chi connectivity index (χ4n) is 1.68. The van der Waals surface area contributed by atoms with Crippen LogP contribution in [0.2, 0.25) is 5.28 Å². The van der Waals surface area contributed by atoms with E-state index >= 15 is 0 Å². The van der Waals surface area contributed by atoms with Gasteiger partial charge in [-0.05, 0) is 24.1 Å². The van der Waals surface area contributed by atoms with Crippen molar-refractivity contribution in [3.05, 3.63) is 17.5 Å². The molecule has 0 saturated carbocycles. The van der Waals surface area contributed by atoms with Crippen molar-refractivity contribution in [2.75, 3.05) is 23.7 Å². The highest BCUT2D eigenvalue weighted by Crippen LogP contribution is 2.24. The number of aromatic nitrogens is 2. The van der Waals surface area contributed by atoms with Gasteiger partial charge >= 0.3 is 0 Å². The number of anilines is 1. The normalized spacial score (nSPS) is 21.7. The fourth-order valence-corrected chi connectivity index (χ4v) is 3.00. The second-order valence-electron chi connectivity index (χ2n) is 3.53. The minimum Gasteiger partial charge on any atom is -0.355 e. The molecule has 82 valence electrons. The number of thioether (sulfide) groups is 1. The highest BCUT2D eigenvalue weighted by atomic mass is 35.5. The van der Waals surface area contributed by atoms with Crippen LogP contribution < -0.4 is 4.90 Å². The smallest absolute Gasteiger partial charge is 0.224 e. The summed E-state index contributed by atoms with van der Waals surface area (Å²) >= 11 is 7.83. The lowest BCUT2D eigenvalue weighted by Crippen LogP contribution is -2.38. The van der Waals surface area contributed by atoms with Crippen molar-refractivity contribution in [1.29, 1.82) is 0 Å². The van der Waals surface area contributed by atoms with Gasteiger partial charge in [0.2, 0.25) is 5.28 Å². The maximum atomic E-state index is 5.78. The first-order valence-corrected chi connectivity index (χ1v) is 6.57. The molecule has 1 unspecified atom stereocenters. The van der Waals surface area contributed by atoms with Gasteiger partial charge in [-0.25, -0.2) is 9.97 Å². The zero-order valence-electron chi connectivity index (χ0n) is 8.69. The Bertz CT molecular complexity index is 334. The summed E-state index contributed by atoms with van der Waals surface area (Å²) in [5.41, 5.74) is 0. The highest BCUT2D eigenvalue weighted by molar-refractivity contribution is 8.00. The van der Waals surface area contributed by atoms with E-state index in [-0.39, 0.29) is 0 Å². The highest BCUT2D eigenvalue weighted by Gasteiger charge is 2.19. The third-order valence-corrected chi connectivity index (χ3v) is 4.08. The van der Waals surface area contributed by atoms with Crippen LogP contribution >= 0.6 is 23.4 Å². The summed E-state index contributed by atoms with van der Waals surface area (Å²) in [4.78, 5) is 10.4. The second kappa shape index (κ2) is 5.03. The van der Waals surface area contributed by atoms with Crippen LogP contribution in [0, 0.1) is 0 Å². The Balaban J connectivity index is 2.09. The molecule has 0 spiro atoms. The van der Waals surface area contributed by atoms with E-state index in [1.54, 1.807) is 6.20 Å². The van der Waals surface area contributed by atoms with Gasteiger partial charge in [-0.15, -0.1) is 0 Å². The summed E-state index contributed by atoms with van der Waals surface area (Å²) < 4.78 is 0. The van der Waals surface area contributed by atoms with Gasteiger partial charge in [0.1, 0.15) is 5.82 Å². The van der Waals surface area contributed by atoms with E-state index in [1.807, 2.05) is 17.8 Å². The molecule has 1 saturated heterocycles. The zero-order chi connectivity index (χ0) is 10.7. The van der Waals surface area contributed by atoms with Crippen LogP contribution in [0.4, 0.5) is 5.82 Å². The van der Waals surface area contributed by atoms with Crippen LogP contribution in [0.5, 0.6) is 0 Å². The average Bonchev–Trinajstić information content (AvgIpc) is 2.29.